The summed E-state index contributed by atoms with van der Waals surface area (Å²) in [4.78, 5) is 36.9. The van der Waals surface area contributed by atoms with Crippen molar-refractivity contribution in [2.75, 3.05) is 39.3 Å². The van der Waals surface area contributed by atoms with Crippen molar-refractivity contribution in [3.05, 3.63) is 29.8 Å². The van der Waals surface area contributed by atoms with Gasteiger partial charge in [-0.1, -0.05) is 0 Å². The van der Waals surface area contributed by atoms with Gasteiger partial charge in [0.25, 0.3) is 5.91 Å². The van der Waals surface area contributed by atoms with Gasteiger partial charge in [0.2, 0.25) is 15.9 Å². The maximum atomic E-state index is 12.8. The van der Waals surface area contributed by atoms with Gasteiger partial charge in [-0.05, 0) is 45.0 Å². The number of ether oxygens (including phenoxy) is 1. The lowest BCUT2D eigenvalue weighted by Crippen LogP contribution is -2.49. The molecule has 0 atom stereocenters. The highest BCUT2D eigenvalue weighted by molar-refractivity contribution is 7.89. The molecule has 1 aliphatic rings. The number of carbonyl (C=O) groups excluding carboxylic acids is 3. The molecule has 1 heterocycles. The van der Waals surface area contributed by atoms with Crippen molar-refractivity contribution in [3.63, 3.8) is 0 Å². The molecule has 0 unspecified atom stereocenters. The molecule has 0 bridgehead atoms. The van der Waals surface area contributed by atoms with Crippen LogP contribution in [-0.4, -0.2) is 80.4 Å². The lowest BCUT2D eigenvalue weighted by atomic mass is 10.2. The molecular formula is C20H30N4O6S. The van der Waals surface area contributed by atoms with Gasteiger partial charge in [-0.2, -0.15) is 4.31 Å². The Bertz CT molecular complexity index is 901. The van der Waals surface area contributed by atoms with Crippen LogP contribution in [0.1, 0.15) is 38.1 Å². The minimum absolute atomic E-state index is 0.0753. The van der Waals surface area contributed by atoms with Crippen molar-refractivity contribution >= 4 is 27.9 Å². The number of rotatable bonds is 6. The molecule has 10 nitrogen and oxygen atoms in total. The molecule has 0 saturated carbocycles. The second kappa shape index (κ2) is 10.1. The quantitative estimate of drug-likeness (QED) is 0.613. The number of benzene rings is 1. The first kappa shape index (κ1) is 24.6. The van der Waals surface area contributed by atoms with Crippen LogP contribution in [0.15, 0.2) is 29.2 Å². The van der Waals surface area contributed by atoms with Crippen LogP contribution in [0.3, 0.4) is 0 Å². The second-order valence-corrected chi connectivity index (χ2v) is 10.1. The molecule has 1 aliphatic heterocycles. The van der Waals surface area contributed by atoms with E-state index in [2.05, 4.69) is 10.6 Å². The molecule has 1 fully saturated rings. The molecule has 31 heavy (non-hydrogen) atoms. The summed E-state index contributed by atoms with van der Waals surface area (Å²) in [5.41, 5.74) is -0.297. The minimum atomic E-state index is -3.70. The van der Waals surface area contributed by atoms with Crippen LogP contribution < -0.4 is 10.6 Å². The first-order valence-corrected chi connectivity index (χ1v) is 11.4. The van der Waals surface area contributed by atoms with Crippen LogP contribution in [0, 0.1) is 0 Å². The number of carbonyl (C=O) groups is 3. The lowest BCUT2D eigenvalue weighted by molar-refractivity contribution is -0.129. The lowest BCUT2D eigenvalue weighted by Gasteiger charge is -2.33. The zero-order valence-electron chi connectivity index (χ0n) is 18.3. The first-order valence-electron chi connectivity index (χ1n) is 10.0. The Morgan fingerprint density at radius 3 is 2.03 bits per heavy atom. The van der Waals surface area contributed by atoms with Crippen LogP contribution in [-0.2, 0) is 19.6 Å². The summed E-state index contributed by atoms with van der Waals surface area (Å²) in [5, 5.41) is 5.18. The zero-order chi connectivity index (χ0) is 23.2. The average molecular weight is 455 g/mol. The van der Waals surface area contributed by atoms with E-state index >= 15 is 0 Å². The molecule has 0 aromatic heterocycles. The third-order valence-corrected chi connectivity index (χ3v) is 6.43. The van der Waals surface area contributed by atoms with E-state index < -0.39 is 21.7 Å². The third kappa shape index (κ3) is 7.21. The number of hydrogen-bond donors (Lipinski definition) is 2. The summed E-state index contributed by atoms with van der Waals surface area (Å²) in [6, 6.07) is 5.66. The molecule has 2 rings (SSSR count). The molecule has 0 radical (unpaired) electrons. The van der Waals surface area contributed by atoms with E-state index in [-0.39, 0.29) is 42.9 Å². The molecule has 172 valence electrons. The molecule has 11 heteroatoms. The highest BCUT2D eigenvalue weighted by Crippen LogP contribution is 2.18. The van der Waals surface area contributed by atoms with E-state index in [9.17, 15) is 22.8 Å². The summed E-state index contributed by atoms with van der Waals surface area (Å²) in [6.07, 6.45) is -0.569. The second-order valence-electron chi connectivity index (χ2n) is 8.12. The number of sulfonamides is 1. The van der Waals surface area contributed by atoms with Crippen LogP contribution in [0.4, 0.5) is 4.79 Å². The fourth-order valence-electron chi connectivity index (χ4n) is 2.93. The molecule has 1 aromatic rings. The Morgan fingerprint density at radius 1 is 0.968 bits per heavy atom. The minimum Gasteiger partial charge on any atom is -0.444 e. The highest BCUT2D eigenvalue weighted by atomic mass is 32.2. The topological polar surface area (TPSA) is 125 Å². The van der Waals surface area contributed by atoms with E-state index in [0.717, 1.165) is 0 Å². The van der Waals surface area contributed by atoms with E-state index in [1.54, 1.807) is 25.7 Å². The average Bonchev–Trinajstić information content (AvgIpc) is 2.70. The van der Waals surface area contributed by atoms with Gasteiger partial charge in [0, 0.05) is 51.8 Å². The van der Waals surface area contributed by atoms with Crippen molar-refractivity contribution < 1.29 is 27.5 Å². The van der Waals surface area contributed by atoms with E-state index in [4.69, 9.17) is 4.74 Å². The molecular weight excluding hydrogens is 424 g/mol. The van der Waals surface area contributed by atoms with Gasteiger partial charge in [-0.3, -0.25) is 9.59 Å². The third-order valence-electron chi connectivity index (χ3n) is 4.52. The normalized spacial score (nSPS) is 15.3. The van der Waals surface area contributed by atoms with Crippen LogP contribution in [0.5, 0.6) is 0 Å². The van der Waals surface area contributed by atoms with E-state index in [1.807, 2.05) is 0 Å². The van der Waals surface area contributed by atoms with Gasteiger partial charge in [0.05, 0.1) is 4.90 Å². The summed E-state index contributed by atoms with van der Waals surface area (Å²) >= 11 is 0. The Kier molecular flexibility index (Phi) is 8.02. The molecule has 2 N–H and O–H groups in total. The van der Waals surface area contributed by atoms with Gasteiger partial charge in [0.1, 0.15) is 5.60 Å². The van der Waals surface area contributed by atoms with Crippen LogP contribution in [0.2, 0.25) is 0 Å². The number of nitrogens with one attached hydrogen (secondary N) is 2. The van der Waals surface area contributed by atoms with Crippen molar-refractivity contribution in [1.82, 2.24) is 19.8 Å². The zero-order valence-corrected chi connectivity index (χ0v) is 19.1. The van der Waals surface area contributed by atoms with Crippen molar-refractivity contribution in [1.29, 1.82) is 0 Å². The number of alkyl carbamates (subject to hydrolysis) is 1. The summed E-state index contributed by atoms with van der Waals surface area (Å²) in [7, 11) is -3.70. The molecule has 0 aliphatic carbocycles. The van der Waals surface area contributed by atoms with Crippen LogP contribution in [0.25, 0.3) is 0 Å². The summed E-state index contributed by atoms with van der Waals surface area (Å²) in [6.45, 7) is 8.28. The van der Waals surface area contributed by atoms with Gasteiger partial charge in [-0.15, -0.1) is 0 Å². The van der Waals surface area contributed by atoms with Crippen molar-refractivity contribution in [2.24, 2.45) is 0 Å². The van der Waals surface area contributed by atoms with E-state index in [1.165, 1.54) is 35.5 Å². The van der Waals surface area contributed by atoms with Gasteiger partial charge in [0.15, 0.2) is 0 Å². The highest BCUT2D eigenvalue weighted by Gasteiger charge is 2.29. The molecule has 0 spiro atoms. The predicted molar refractivity (Wildman–Crippen MR) is 114 cm³/mol. The molecule has 1 aromatic carbocycles. The van der Waals surface area contributed by atoms with Gasteiger partial charge < -0.3 is 20.3 Å². The number of piperazine rings is 1. The van der Waals surface area contributed by atoms with Crippen molar-refractivity contribution in [3.8, 4) is 0 Å². The monoisotopic (exact) mass is 454 g/mol. The Hall–Kier alpha value is -2.66. The maximum Gasteiger partial charge on any atom is 0.407 e. The van der Waals surface area contributed by atoms with Crippen LogP contribution >= 0.6 is 0 Å². The number of hydrogen-bond acceptors (Lipinski definition) is 6. The smallest absolute Gasteiger partial charge is 0.407 e. The van der Waals surface area contributed by atoms with E-state index in [0.29, 0.717) is 18.7 Å². The van der Waals surface area contributed by atoms with Crippen molar-refractivity contribution in [2.45, 2.75) is 38.2 Å². The predicted octanol–water partition coefficient (Wildman–Crippen LogP) is 0.794. The Balaban J connectivity index is 1.86. The first-order chi connectivity index (χ1) is 14.4. The standard InChI is InChI=1S/C20H30N4O6S/c1-15(25)23-11-13-24(14-12-23)31(28,29)17-7-5-16(6-8-17)18(26)21-9-10-22-19(27)30-20(2,3)4/h5-8H,9-14H2,1-4H3,(H,21,26)(H,22,27). The Morgan fingerprint density at radius 2 is 1.52 bits per heavy atom. The fraction of sp³-hybridized carbons (Fsp3) is 0.550. The fourth-order valence-corrected chi connectivity index (χ4v) is 4.35. The van der Waals surface area contributed by atoms with Gasteiger partial charge in [-0.25, -0.2) is 13.2 Å². The number of nitrogens with zero attached hydrogens (tertiary/aromatic N) is 2. The SMILES string of the molecule is CC(=O)N1CCN(S(=O)(=O)c2ccc(C(=O)NCCNC(=O)OC(C)(C)C)cc2)CC1. The largest absolute Gasteiger partial charge is 0.444 e. The Labute approximate surface area is 183 Å². The summed E-state index contributed by atoms with van der Waals surface area (Å²) < 4.78 is 32.0. The molecule has 3 amide bonds. The maximum absolute atomic E-state index is 12.8. The molecule has 1 saturated heterocycles. The van der Waals surface area contributed by atoms with Gasteiger partial charge >= 0.3 is 6.09 Å². The number of amides is 3. The summed E-state index contributed by atoms with van der Waals surface area (Å²) in [5.74, 6) is -0.460.